The first-order chi connectivity index (χ1) is 12.3. The van der Waals surface area contributed by atoms with Crippen LogP contribution in [-0.4, -0.2) is 46.3 Å². The van der Waals surface area contributed by atoms with Crippen molar-refractivity contribution in [3.05, 3.63) is 64.7 Å². The van der Waals surface area contributed by atoms with Gasteiger partial charge in [0.2, 0.25) is 0 Å². The number of thiophene rings is 1. The molecule has 0 fully saturated rings. The van der Waals surface area contributed by atoms with Crippen molar-refractivity contribution in [1.82, 2.24) is 25.0 Å². The van der Waals surface area contributed by atoms with Crippen LogP contribution in [0.2, 0.25) is 0 Å². The first-order valence-corrected chi connectivity index (χ1v) is 9.03. The summed E-state index contributed by atoms with van der Waals surface area (Å²) < 4.78 is 1.76. The summed E-state index contributed by atoms with van der Waals surface area (Å²) in [7, 11) is 3.87. The zero-order valence-electron chi connectivity index (χ0n) is 14.5. The number of likely N-dealkylation sites (N-methyl/N-ethyl adjacent to an activating group) is 1. The molecule has 0 spiro atoms. The van der Waals surface area contributed by atoms with Crippen molar-refractivity contribution >= 4 is 17.3 Å². The molecule has 0 unspecified atom stereocenters. The molecule has 0 aromatic carbocycles. The van der Waals surface area contributed by atoms with E-state index >= 15 is 0 Å². The van der Waals surface area contributed by atoms with Gasteiger partial charge in [-0.05, 0) is 41.6 Å². The Bertz CT molecular complexity index is 795. The molecule has 7 heteroatoms. The summed E-state index contributed by atoms with van der Waals surface area (Å²) in [5, 5.41) is 9.74. The molecule has 0 bridgehead atoms. The van der Waals surface area contributed by atoms with E-state index in [-0.39, 0.29) is 0 Å². The Morgan fingerprint density at radius 2 is 2.24 bits per heavy atom. The Hall–Kier alpha value is -2.67. The normalized spacial score (nSPS) is 11.5. The van der Waals surface area contributed by atoms with Crippen LogP contribution in [0.3, 0.4) is 0 Å². The summed E-state index contributed by atoms with van der Waals surface area (Å²) >= 11 is 1.79. The summed E-state index contributed by atoms with van der Waals surface area (Å²) in [5.41, 5.74) is 1.13. The van der Waals surface area contributed by atoms with Gasteiger partial charge >= 0.3 is 0 Å². The smallest absolute Gasteiger partial charge is 0.193 e. The molecule has 0 aliphatic carbocycles. The monoisotopic (exact) mass is 354 g/mol. The molecule has 1 N–H and O–H groups in total. The second kappa shape index (κ2) is 8.43. The molecule has 3 aromatic heterocycles. The second-order valence-corrected chi connectivity index (χ2v) is 6.66. The van der Waals surface area contributed by atoms with E-state index in [1.54, 1.807) is 28.4 Å². The zero-order chi connectivity index (χ0) is 17.5. The van der Waals surface area contributed by atoms with Crippen LogP contribution in [0, 0.1) is 0 Å². The van der Waals surface area contributed by atoms with Crippen LogP contribution < -0.4 is 5.32 Å². The van der Waals surface area contributed by atoms with Crippen molar-refractivity contribution in [2.45, 2.75) is 13.0 Å². The van der Waals surface area contributed by atoms with Crippen molar-refractivity contribution in [2.24, 2.45) is 4.99 Å². The Balaban J connectivity index is 1.56. The van der Waals surface area contributed by atoms with Crippen LogP contribution >= 0.6 is 11.3 Å². The molecule has 0 aliphatic heterocycles. The van der Waals surface area contributed by atoms with E-state index in [9.17, 15) is 0 Å². The summed E-state index contributed by atoms with van der Waals surface area (Å²) in [6.07, 6.45) is 6.46. The van der Waals surface area contributed by atoms with E-state index in [2.05, 4.69) is 49.9 Å². The van der Waals surface area contributed by atoms with Crippen LogP contribution in [0.4, 0.5) is 0 Å². The van der Waals surface area contributed by atoms with Crippen LogP contribution in [0.1, 0.15) is 10.4 Å². The number of nitrogens with one attached hydrogen (secondary N) is 1. The van der Waals surface area contributed by atoms with E-state index in [1.807, 2.05) is 31.4 Å². The third-order valence-electron chi connectivity index (χ3n) is 3.85. The van der Waals surface area contributed by atoms with Gasteiger partial charge in [-0.25, -0.2) is 9.67 Å². The quantitative estimate of drug-likeness (QED) is 0.546. The highest BCUT2D eigenvalue weighted by molar-refractivity contribution is 7.09. The predicted octanol–water partition coefficient (Wildman–Crippen LogP) is 2.58. The highest BCUT2D eigenvalue weighted by atomic mass is 32.1. The molecule has 6 nitrogen and oxygen atoms in total. The van der Waals surface area contributed by atoms with Crippen molar-refractivity contribution in [1.29, 1.82) is 0 Å². The van der Waals surface area contributed by atoms with Gasteiger partial charge in [-0.2, -0.15) is 5.10 Å². The van der Waals surface area contributed by atoms with Gasteiger partial charge in [0, 0.05) is 50.7 Å². The average molecular weight is 354 g/mol. The van der Waals surface area contributed by atoms with E-state index in [1.165, 1.54) is 4.88 Å². The van der Waals surface area contributed by atoms with Gasteiger partial charge < -0.3 is 10.2 Å². The van der Waals surface area contributed by atoms with Gasteiger partial charge in [0.15, 0.2) is 11.8 Å². The van der Waals surface area contributed by atoms with Crippen molar-refractivity contribution < 1.29 is 0 Å². The number of guanidine groups is 1. The minimum absolute atomic E-state index is 0.687. The van der Waals surface area contributed by atoms with Gasteiger partial charge in [-0.15, -0.1) is 11.3 Å². The van der Waals surface area contributed by atoms with Crippen molar-refractivity contribution in [3.63, 3.8) is 0 Å². The number of pyridine rings is 1. The van der Waals surface area contributed by atoms with Crippen LogP contribution in [0.25, 0.3) is 5.82 Å². The summed E-state index contributed by atoms with van der Waals surface area (Å²) in [6, 6.07) is 10.2. The molecule has 0 atom stereocenters. The third kappa shape index (κ3) is 4.67. The first kappa shape index (κ1) is 17.2. The van der Waals surface area contributed by atoms with Gasteiger partial charge in [0.1, 0.15) is 0 Å². The third-order valence-corrected chi connectivity index (χ3v) is 4.78. The lowest BCUT2D eigenvalue weighted by molar-refractivity contribution is 0.486. The number of aromatic nitrogens is 3. The minimum atomic E-state index is 0.687. The summed E-state index contributed by atoms with van der Waals surface area (Å²) in [5.74, 6) is 1.69. The maximum absolute atomic E-state index is 4.38. The predicted molar refractivity (Wildman–Crippen MR) is 102 cm³/mol. The highest BCUT2D eigenvalue weighted by Crippen LogP contribution is 2.10. The molecule has 3 aromatic rings. The Labute approximate surface area is 151 Å². The topological polar surface area (TPSA) is 58.3 Å². The highest BCUT2D eigenvalue weighted by Gasteiger charge is 2.07. The molecule has 0 saturated carbocycles. The maximum atomic E-state index is 4.38. The Morgan fingerprint density at radius 1 is 1.32 bits per heavy atom. The molecule has 130 valence electrons. The molecule has 0 radical (unpaired) electrons. The van der Waals surface area contributed by atoms with Crippen molar-refractivity contribution in [3.8, 4) is 5.82 Å². The number of hydrogen-bond acceptors (Lipinski definition) is 4. The summed E-state index contributed by atoms with van der Waals surface area (Å²) in [4.78, 5) is 12.3. The molecule has 3 heterocycles. The Morgan fingerprint density at radius 3 is 2.96 bits per heavy atom. The fourth-order valence-corrected chi connectivity index (χ4v) is 3.20. The van der Waals surface area contributed by atoms with E-state index in [0.29, 0.717) is 6.54 Å². The van der Waals surface area contributed by atoms with Crippen LogP contribution in [0.5, 0.6) is 0 Å². The SMILES string of the molecule is CN=C(NCc1ccnc(-n2cccn2)c1)N(C)CCc1cccs1. The van der Waals surface area contributed by atoms with Gasteiger partial charge in [0.25, 0.3) is 0 Å². The molecule has 0 aliphatic rings. The van der Waals surface area contributed by atoms with Gasteiger partial charge in [-0.1, -0.05) is 6.07 Å². The molecule has 0 amide bonds. The average Bonchev–Trinajstić information content (AvgIpc) is 3.34. The lowest BCUT2D eigenvalue weighted by Crippen LogP contribution is -2.39. The van der Waals surface area contributed by atoms with Crippen LogP contribution in [0.15, 0.2) is 59.3 Å². The van der Waals surface area contributed by atoms with Crippen molar-refractivity contribution in [2.75, 3.05) is 20.6 Å². The molecule has 3 rings (SSSR count). The lowest BCUT2D eigenvalue weighted by Gasteiger charge is -2.22. The minimum Gasteiger partial charge on any atom is -0.352 e. The largest absolute Gasteiger partial charge is 0.352 e. The number of nitrogens with zero attached hydrogens (tertiary/aromatic N) is 5. The van der Waals surface area contributed by atoms with Gasteiger partial charge in [-0.3, -0.25) is 4.99 Å². The first-order valence-electron chi connectivity index (χ1n) is 8.15. The van der Waals surface area contributed by atoms with E-state index in [4.69, 9.17) is 0 Å². The van der Waals surface area contributed by atoms with E-state index in [0.717, 1.165) is 30.3 Å². The summed E-state index contributed by atoms with van der Waals surface area (Å²) in [6.45, 7) is 1.61. The van der Waals surface area contributed by atoms with E-state index < -0.39 is 0 Å². The number of rotatable bonds is 6. The molecule has 0 saturated heterocycles. The second-order valence-electron chi connectivity index (χ2n) is 5.62. The molecular formula is C18H22N6S. The maximum Gasteiger partial charge on any atom is 0.193 e. The van der Waals surface area contributed by atoms with Gasteiger partial charge in [0.05, 0.1) is 0 Å². The zero-order valence-corrected chi connectivity index (χ0v) is 15.3. The fourth-order valence-electron chi connectivity index (χ4n) is 2.50. The number of hydrogen-bond donors (Lipinski definition) is 1. The molecule has 25 heavy (non-hydrogen) atoms. The Kier molecular flexibility index (Phi) is 5.79. The van der Waals surface area contributed by atoms with Crippen LogP contribution in [-0.2, 0) is 13.0 Å². The standard InChI is InChI=1S/C18H22N6S/c1-19-18(23(2)11-7-16-5-3-12-25-16)21-14-15-6-9-20-17(13-15)24-10-4-8-22-24/h3-6,8-10,12-13H,7,11,14H2,1-2H3,(H,19,21). The molecular weight excluding hydrogens is 332 g/mol. The number of aliphatic imine (C=N–C) groups is 1. The fraction of sp³-hybridized carbons (Fsp3) is 0.278. The lowest BCUT2D eigenvalue weighted by atomic mass is 10.2.